The van der Waals surface area contributed by atoms with Crippen LogP contribution in [0.5, 0.6) is 0 Å². The molecule has 7 nitrogen and oxygen atoms in total. The Morgan fingerprint density at radius 3 is 2.74 bits per heavy atom. The van der Waals surface area contributed by atoms with Crippen LogP contribution in [0.2, 0.25) is 0 Å². The van der Waals surface area contributed by atoms with Crippen LogP contribution in [0.15, 0.2) is 6.07 Å². The molecule has 0 unspecified atom stereocenters. The van der Waals surface area contributed by atoms with Crippen LogP contribution in [0, 0.1) is 21.4 Å². The third-order valence-electron chi connectivity index (χ3n) is 2.17. The number of nitriles is 1. The maximum atomic E-state index is 12.6. The Kier molecular flexibility index (Phi) is 4.41. The van der Waals surface area contributed by atoms with Crippen molar-refractivity contribution in [2.75, 3.05) is 7.11 Å². The molecule has 0 spiro atoms. The molecule has 0 N–H and O–H groups in total. The molecule has 0 saturated carbocycles. The van der Waals surface area contributed by atoms with E-state index in [0.717, 1.165) is 13.2 Å². The highest BCUT2D eigenvalue weighted by atomic mass is 19.3. The lowest BCUT2D eigenvalue weighted by atomic mass is 10.1. The number of esters is 1. The van der Waals surface area contributed by atoms with Gasteiger partial charge in [0.25, 0.3) is 0 Å². The first-order chi connectivity index (χ1) is 8.90. The van der Waals surface area contributed by atoms with E-state index in [1.54, 1.807) is 0 Å². The fraction of sp³-hybridized carbons (Fsp3) is 0.300. The smallest absolute Gasteiger partial charge is 0.382 e. The minimum absolute atomic E-state index is 0.216. The molecule has 1 aromatic heterocycles. The molecule has 0 aromatic carbocycles. The summed E-state index contributed by atoms with van der Waals surface area (Å²) in [6, 6.07) is 2.27. The van der Waals surface area contributed by atoms with Gasteiger partial charge in [0, 0.05) is 0 Å². The van der Waals surface area contributed by atoms with Gasteiger partial charge in [-0.15, -0.1) is 0 Å². The molecule has 1 rings (SSSR count). The van der Waals surface area contributed by atoms with E-state index in [2.05, 4.69) is 9.72 Å². The Morgan fingerprint density at radius 2 is 2.32 bits per heavy atom. The van der Waals surface area contributed by atoms with Crippen molar-refractivity contribution in [3.8, 4) is 6.07 Å². The van der Waals surface area contributed by atoms with Crippen LogP contribution in [0.25, 0.3) is 0 Å². The van der Waals surface area contributed by atoms with Crippen LogP contribution in [0.3, 0.4) is 0 Å². The predicted octanol–water partition coefficient (Wildman–Crippen LogP) is 1.51. The number of hydrogen-bond donors (Lipinski definition) is 0. The Balaban J connectivity index is 3.45. The first-order valence-electron chi connectivity index (χ1n) is 4.84. The molecule has 0 fully saturated rings. The van der Waals surface area contributed by atoms with Crippen LogP contribution in [-0.4, -0.2) is 23.0 Å². The third-order valence-corrected chi connectivity index (χ3v) is 2.17. The highest BCUT2D eigenvalue weighted by Gasteiger charge is 2.27. The molecule has 1 aromatic rings. The molecular formula is C10H7F2N3O4. The molecule has 0 aliphatic heterocycles. The Bertz CT molecular complexity index is 569. The summed E-state index contributed by atoms with van der Waals surface area (Å²) in [6.07, 6.45) is -3.58. The number of aromatic nitrogens is 1. The van der Waals surface area contributed by atoms with E-state index >= 15 is 0 Å². The normalized spacial score (nSPS) is 10.1. The molecule has 0 saturated heterocycles. The lowest BCUT2D eigenvalue weighted by Crippen LogP contribution is -2.10. The Morgan fingerprint density at radius 1 is 1.68 bits per heavy atom. The van der Waals surface area contributed by atoms with Gasteiger partial charge in [-0.3, -0.25) is 4.79 Å². The lowest BCUT2D eigenvalue weighted by molar-refractivity contribution is -0.390. The predicted molar refractivity (Wildman–Crippen MR) is 56.3 cm³/mol. The maximum Gasteiger partial charge on any atom is 0.382 e. The molecule has 0 bridgehead atoms. The fourth-order valence-corrected chi connectivity index (χ4v) is 1.34. The second-order valence-corrected chi connectivity index (χ2v) is 3.33. The van der Waals surface area contributed by atoms with E-state index < -0.39 is 40.8 Å². The van der Waals surface area contributed by atoms with Gasteiger partial charge < -0.3 is 14.9 Å². The van der Waals surface area contributed by atoms with Gasteiger partial charge in [0.15, 0.2) is 5.56 Å². The molecule has 0 atom stereocenters. The van der Waals surface area contributed by atoms with E-state index in [4.69, 9.17) is 5.26 Å². The quantitative estimate of drug-likeness (QED) is 0.466. The third kappa shape index (κ3) is 3.19. The molecule has 0 aliphatic carbocycles. The van der Waals surface area contributed by atoms with Crippen LogP contribution >= 0.6 is 0 Å². The van der Waals surface area contributed by atoms with Gasteiger partial charge in [0.05, 0.1) is 13.5 Å². The number of carbonyl (C=O) groups excluding carboxylic acids is 1. The second-order valence-electron chi connectivity index (χ2n) is 3.33. The summed E-state index contributed by atoms with van der Waals surface area (Å²) in [4.78, 5) is 23.9. The highest BCUT2D eigenvalue weighted by Crippen LogP contribution is 2.26. The summed E-state index contributed by atoms with van der Waals surface area (Å²) >= 11 is 0. The minimum atomic E-state index is -3.05. The average molecular weight is 271 g/mol. The molecule has 9 heteroatoms. The number of carbonyl (C=O) groups is 1. The summed E-state index contributed by atoms with van der Waals surface area (Å²) in [5, 5.41) is 19.5. The van der Waals surface area contributed by atoms with Crippen molar-refractivity contribution in [2.24, 2.45) is 0 Å². The fourth-order valence-electron chi connectivity index (χ4n) is 1.34. The number of nitro groups is 1. The number of alkyl halides is 2. The monoisotopic (exact) mass is 271 g/mol. The lowest BCUT2D eigenvalue weighted by Gasteiger charge is -2.05. The molecule has 19 heavy (non-hydrogen) atoms. The van der Waals surface area contributed by atoms with Crippen LogP contribution in [-0.2, 0) is 16.0 Å². The van der Waals surface area contributed by atoms with Crippen molar-refractivity contribution in [1.29, 1.82) is 5.26 Å². The Labute approximate surface area is 105 Å². The molecule has 100 valence electrons. The molecular weight excluding hydrogens is 264 g/mol. The summed E-state index contributed by atoms with van der Waals surface area (Å²) in [7, 11) is 1.07. The van der Waals surface area contributed by atoms with E-state index in [1.807, 2.05) is 0 Å². The number of rotatable bonds is 4. The van der Waals surface area contributed by atoms with Crippen molar-refractivity contribution < 1.29 is 23.2 Å². The van der Waals surface area contributed by atoms with E-state index in [-0.39, 0.29) is 5.56 Å². The van der Waals surface area contributed by atoms with Gasteiger partial charge in [0.1, 0.15) is 6.07 Å². The molecule has 0 amide bonds. The van der Waals surface area contributed by atoms with Gasteiger partial charge in [-0.05, 0) is 21.5 Å². The number of nitrogens with zero attached hydrogens (tertiary/aromatic N) is 3. The van der Waals surface area contributed by atoms with Gasteiger partial charge in [-0.2, -0.15) is 5.26 Å². The maximum absolute atomic E-state index is 12.6. The van der Waals surface area contributed by atoms with Crippen molar-refractivity contribution in [3.63, 3.8) is 0 Å². The van der Waals surface area contributed by atoms with Gasteiger partial charge in [-0.1, -0.05) is 0 Å². The molecule has 0 aliphatic rings. The number of halogens is 2. The van der Waals surface area contributed by atoms with Crippen molar-refractivity contribution >= 4 is 11.8 Å². The van der Waals surface area contributed by atoms with Crippen molar-refractivity contribution in [3.05, 3.63) is 33.0 Å². The molecule has 1 heterocycles. The van der Waals surface area contributed by atoms with Crippen molar-refractivity contribution in [2.45, 2.75) is 12.8 Å². The summed E-state index contributed by atoms with van der Waals surface area (Å²) in [6.45, 7) is 0. The number of ether oxygens (including phenoxy) is 1. The first kappa shape index (κ1) is 14.4. The SMILES string of the molecule is COC(=O)Cc1cc(C(F)F)nc([N+](=O)[O-])c1C#N. The highest BCUT2D eigenvalue weighted by molar-refractivity contribution is 5.74. The largest absolute Gasteiger partial charge is 0.469 e. The number of pyridine rings is 1. The molecule has 0 radical (unpaired) electrons. The number of methoxy groups -OCH3 is 1. The van der Waals surface area contributed by atoms with Crippen LogP contribution < -0.4 is 0 Å². The van der Waals surface area contributed by atoms with Gasteiger partial charge >= 0.3 is 18.2 Å². The topological polar surface area (TPSA) is 106 Å². The zero-order valence-corrected chi connectivity index (χ0v) is 9.59. The zero-order valence-electron chi connectivity index (χ0n) is 9.59. The van der Waals surface area contributed by atoms with Crippen LogP contribution in [0.4, 0.5) is 14.6 Å². The summed E-state index contributed by atoms with van der Waals surface area (Å²) in [5.41, 5.74) is -1.62. The first-order valence-corrected chi connectivity index (χ1v) is 4.84. The second kappa shape index (κ2) is 5.81. The van der Waals surface area contributed by atoms with Crippen molar-refractivity contribution in [1.82, 2.24) is 4.98 Å². The minimum Gasteiger partial charge on any atom is -0.469 e. The van der Waals surface area contributed by atoms with E-state index in [0.29, 0.717) is 0 Å². The van der Waals surface area contributed by atoms with E-state index in [1.165, 1.54) is 6.07 Å². The Hall–Kier alpha value is -2.63. The van der Waals surface area contributed by atoms with Gasteiger partial charge in [0.2, 0.25) is 5.69 Å². The standard InChI is InChI=1S/C10H7F2N3O4/c1-19-8(16)3-5-2-7(9(11)12)14-10(15(17)18)6(5)4-13/h2,9H,3H2,1H3. The summed E-state index contributed by atoms with van der Waals surface area (Å²) in [5.74, 6) is -1.81. The van der Waals surface area contributed by atoms with Crippen LogP contribution in [0.1, 0.15) is 23.2 Å². The average Bonchev–Trinajstić information content (AvgIpc) is 2.37. The summed E-state index contributed by atoms with van der Waals surface area (Å²) < 4.78 is 29.5. The van der Waals surface area contributed by atoms with E-state index in [9.17, 15) is 23.7 Å². The zero-order chi connectivity index (χ0) is 14.6. The van der Waals surface area contributed by atoms with Gasteiger partial charge in [-0.25, -0.2) is 8.78 Å². The number of hydrogen-bond acceptors (Lipinski definition) is 6.